The first kappa shape index (κ1) is 12.2. The fourth-order valence-electron chi connectivity index (χ4n) is 2.45. The molecule has 0 radical (unpaired) electrons. The van der Waals surface area contributed by atoms with Crippen molar-refractivity contribution in [3.8, 4) is 0 Å². The Bertz CT molecular complexity index is 364. The Morgan fingerprint density at radius 1 is 1.47 bits per heavy atom. The summed E-state index contributed by atoms with van der Waals surface area (Å²) in [6.07, 6.45) is 7.03. The normalized spacial score (nSPS) is 20.6. The number of ketones is 1. The molecule has 1 aromatic heterocycles. The maximum atomic E-state index is 11.8. The van der Waals surface area contributed by atoms with Crippen LogP contribution in [0.2, 0.25) is 0 Å². The van der Waals surface area contributed by atoms with Gasteiger partial charge in [-0.15, -0.1) is 0 Å². The molecule has 0 spiro atoms. The Hall–Kier alpha value is -1.22. The minimum Gasteiger partial charge on any atom is -0.306 e. The van der Waals surface area contributed by atoms with Gasteiger partial charge in [0.2, 0.25) is 0 Å². The molecule has 92 valence electrons. The van der Waals surface area contributed by atoms with Gasteiger partial charge in [0.15, 0.2) is 0 Å². The number of hydrogen-bond acceptors (Lipinski definition) is 3. The average molecular weight is 232 g/mol. The molecule has 1 aromatic rings. The molecular formula is C14H20N2O. The van der Waals surface area contributed by atoms with Crippen molar-refractivity contribution < 1.29 is 4.79 Å². The van der Waals surface area contributed by atoms with E-state index in [0.717, 1.165) is 25.9 Å². The van der Waals surface area contributed by atoms with E-state index in [1.807, 2.05) is 12.1 Å². The zero-order chi connectivity index (χ0) is 12.1. The molecule has 17 heavy (non-hydrogen) atoms. The molecule has 0 bridgehead atoms. The molecule has 1 saturated heterocycles. The van der Waals surface area contributed by atoms with Gasteiger partial charge in [0.05, 0.1) is 0 Å². The Morgan fingerprint density at radius 2 is 2.24 bits per heavy atom. The lowest BCUT2D eigenvalue weighted by atomic mass is 9.98. The van der Waals surface area contributed by atoms with Crippen LogP contribution in [0.4, 0.5) is 0 Å². The third kappa shape index (κ3) is 3.93. The van der Waals surface area contributed by atoms with Gasteiger partial charge < -0.3 is 4.90 Å². The first-order valence-electron chi connectivity index (χ1n) is 6.33. The van der Waals surface area contributed by atoms with Crippen molar-refractivity contribution in [1.29, 1.82) is 0 Å². The van der Waals surface area contributed by atoms with Crippen LogP contribution in [0.3, 0.4) is 0 Å². The summed E-state index contributed by atoms with van der Waals surface area (Å²) in [6, 6.07) is 3.97. The number of hydrogen-bond donors (Lipinski definition) is 0. The Kier molecular flexibility index (Phi) is 4.26. The number of carbonyl (C=O) groups is 1. The second-order valence-electron chi connectivity index (χ2n) is 5.02. The summed E-state index contributed by atoms with van der Waals surface area (Å²) in [5.74, 6) is 0.993. The first-order valence-corrected chi connectivity index (χ1v) is 6.33. The zero-order valence-electron chi connectivity index (χ0n) is 10.4. The number of aryl methyl sites for hydroxylation is 1. The van der Waals surface area contributed by atoms with Crippen LogP contribution in [0, 0.1) is 5.92 Å². The van der Waals surface area contributed by atoms with Crippen molar-refractivity contribution in [2.45, 2.75) is 25.7 Å². The Morgan fingerprint density at radius 3 is 2.88 bits per heavy atom. The number of likely N-dealkylation sites (tertiary alicyclic amines) is 1. The fourth-order valence-corrected chi connectivity index (χ4v) is 2.45. The van der Waals surface area contributed by atoms with Crippen molar-refractivity contribution in [2.24, 2.45) is 5.92 Å². The van der Waals surface area contributed by atoms with Gasteiger partial charge in [0.1, 0.15) is 5.78 Å². The van der Waals surface area contributed by atoms with Gasteiger partial charge in [0, 0.05) is 31.8 Å². The minimum atomic E-state index is 0.405. The number of aromatic nitrogens is 1. The lowest BCUT2D eigenvalue weighted by molar-refractivity contribution is -0.119. The van der Waals surface area contributed by atoms with Crippen LogP contribution in [-0.2, 0) is 11.2 Å². The van der Waals surface area contributed by atoms with Crippen molar-refractivity contribution >= 4 is 5.78 Å². The third-order valence-corrected chi connectivity index (χ3v) is 3.45. The summed E-state index contributed by atoms with van der Waals surface area (Å²) in [5.41, 5.74) is 1.21. The summed E-state index contributed by atoms with van der Waals surface area (Å²) < 4.78 is 0. The lowest BCUT2D eigenvalue weighted by Gasteiger charge is -2.09. The monoisotopic (exact) mass is 232 g/mol. The SMILES string of the molecule is CN1CC[C@@H](CC(=O)CCc2ccncc2)C1. The quantitative estimate of drug-likeness (QED) is 0.777. The highest BCUT2D eigenvalue weighted by Gasteiger charge is 2.21. The molecule has 0 aromatic carbocycles. The number of Topliss-reactive ketones (excluding diaryl/α,β-unsaturated/α-hetero) is 1. The van der Waals surface area contributed by atoms with E-state index < -0.39 is 0 Å². The average Bonchev–Trinajstić information content (AvgIpc) is 2.73. The predicted octanol–water partition coefficient (Wildman–Crippen LogP) is 1.93. The van der Waals surface area contributed by atoms with E-state index in [4.69, 9.17) is 0 Å². The summed E-state index contributed by atoms with van der Waals surface area (Å²) >= 11 is 0. The topological polar surface area (TPSA) is 33.2 Å². The largest absolute Gasteiger partial charge is 0.306 e. The van der Waals surface area contributed by atoms with E-state index in [2.05, 4.69) is 16.9 Å². The van der Waals surface area contributed by atoms with Crippen molar-refractivity contribution in [2.75, 3.05) is 20.1 Å². The molecule has 3 heteroatoms. The molecule has 2 heterocycles. The van der Waals surface area contributed by atoms with Crippen LogP contribution in [0.5, 0.6) is 0 Å². The highest BCUT2D eigenvalue weighted by molar-refractivity contribution is 5.78. The lowest BCUT2D eigenvalue weighted by Crippen LogP contribution is -2.16. The van der Waals surface area contributed by atoms with E-state index in [1.165, 1.54) is 12.0 Å². The minimum absolute atomic E-state index is 0.405. The number of carbonyl (C=O) groups excluding carboxylic acids is 1. The molecule has 1 aliphatic rings. The molecule has 0 aliphatic carbocycles. The second kappa shape index (κ2) is 5.92. The summed E-state index contributed by atoms with van der Waals surface area (Å²) in [4.78, 5) is 18.1. The number of pyridine rings is 1. The molecular weight excluding hydrogens is 212 g/mol. The van der Waals surface area contributed by atoms with Crippen LogP contribution in [-0.4, -0.2) is 35.8 Å². The maximum absolute atomic E-state index is 11.8. The Labute approximate surface area is 103 Å². The third-order valence-electron chi connectivity index (χ3n) is 3.45. The van der Waals surface area contributed by atoms with Crippen LogP contribution < -0.4 is 0 Å². The van der Waals surface area contributed by atoms with E-state index in [0.29, 0.717) is 18.1 Å². The highest BCUT2D eigenvalue weighted by Crippen LogP contribution is 2.19. The van der Waals surface area contributed by atoms with Gasteiger partial charge in [-0.3, -0.25) is 9.78 Å². The second-order valence-corrected chi connectivity index (χ2v) is 5.02. The smallest absolute Gasteiger partial charge is 0.133 e. The number of nitrogens with zero attached hydrogens (tertiary/aromatic N) is 2. The van der Waals surface area contributed by atoms with Gasteiger partial charge in [-0.05, 0) is 50.0 Å². The molecule has 0 amide bonds. The first-order chi connectivity index (χ1) is 8.24. The maximum Gasteiger partial charge on any atom is 0.133 e. The van der Waals surface area contributed by atoms with Crippen molar-refractivity contribution in [3.05, 3.63) is 30.1 Å². The van der Waals surface area contributed by atoms with Crippen LogP contribution in [0.1, 0.15) is 24.8 Å². The standard InChI is InChI=1S/C14H20N2O/c1-16-9-6-13(11-16)10-14(17)3-2-12-4-7-15-8-5-12/h4-5,7-8,13H,2-3,6,9-11H2,1H3/t13-/m0/s1. The molecule has 0 N–H and O–H groups in total. The Balaban J connectivity index is 1.71. The van der Waals surface area contributed by atoms with E-state index in [-0.39, 0.29) is 0 Å². The highest BCUT2D eigenvalue weighted by atomic mass is 16.1. The summed E-state index contributed by atoms with van der Waals surface area (Å²) in [7, 11) is 2.13. The molecule has 2 rings (SSSR count). The van der Waals surface area contributed by atoms with Gasteiger partial charge in [-0.25, -0.2) is 0 Å². The van der Waals surface area contributed by atoms with Crippen LogP contribution in [0.15, 0.2) is 24.5 Å². The molecule has 0 saturated carbocycles. The molecule has 1 fully saturated rings. The van der Waals surface area contributed by atoms with Gasteiger partial charge in [0.25, 0.3) is 0 Å². The molecule has 1 aliphatic heterocycles. The summed E-state index contributed by atoms with van der Waals surface area (Å²) in [5, 5.41) is 0. The predicted molar refractivity (Wildman–Crippen MR) is 67.8 cm³/mol. The van der Waals surface area contributed by atoms with E-state index >= 15 is 0 Å². The molecule has 0 unspecified atom stereocenters. The zero-order valence-corrected chi connectivity index (χ0v) is 10.4. The van der Waals surface area contributed by atoms with E-state index in [9.17, 15) is 4.79 Å². The van der Waals surface area contributed by atoms with Crippen LogP contribution in [0.25, 0.3) is 0 Å². The number of rotatable bonds is 5. The van der Waals surface area contributed by atoms with Gasteiger partial charge in [-0.2, -0.15) is 0 Å². The van der Waals surface area contributed by atoms with E-state index in [1.54, 1.807) is 12.4 Å². The van der Waals surface area contributed by atoms with Crippen LogP contribution >= 0.6 is 0 Å². The molecule has 1 atom stereocenters. The summed E-state index contributed by atoms with van der Waals surface area (Å²) in [6.45, 7) is 2.23. The fraction of sp³-hybridized carbons (Fsp3) is 0.571. The molecule has 3 nitrogen and oxygen atoms in total. The van der Waals surface area contributed by atoms with Crippen molar-refractivity contribution in [1.82, 2.24) is 9.88 Å². The van der Waals surface area contributed by atoms with Gasteiger partial charge >= 0.3 is 0 Å². The van der Waals surface area contributed by atoms with Crippen molar-refractivity contribution in [3.63, 3.8) is 0 Å². The van der Waals surface area contributed by atoms with Gasteiger partial charge in [-0.1, -0.05) is 0 Å².